The summed E-state index contributed by atoms with van der Waals surface area (Å²) in [6.07, 6.45) is 5.50. The maximum absolute atomic E-state index is 12.7. The fraction of sp³-hybridized carbons (Fsp3) is 0.271. The first kappa shape index (κ1) is 36.4. The van der Waals surface area contributed by atoms with Crippen molar-refractivity contribution in [2.75, 3.05) is 0 Å². The largest absolute Gasteiger partial charge is 0.509 e. The van der Waals surface area contributed by atoms with Gasteiger partial charge in [-0.15, -0.1) is 0 Å². The van der Waals surface area contributed by atoms with Crippen LogP contribution in [0.25, 0.3) is 0 Å². The Morgan fingerprint density at radius 3 is 1.44 bits per heavy atom. The molecule has 0 radical (unpaired) electrons. The fourth-order valence-electron chi connectivity index (χ4n) is 8.12. The summed E-state index contributed by atoms with van der Waals surface area (Å²) in [6, 6.07) is 39.9. The number of allylic oxidation sites excluding steroid dienone is 3. The van der Waals surface area contributed by atoms with E-state index in [1.807, 2.05) is 36.4 Å². The van der Waals surface area contributed by atoms with Crippen molar-refractivity contribution in [3.05, 3.63) is 200 Å². The summed E-state index contributed by atoms with van der Waals surface area (Å²) in [6.45, 7) is 14.5. The highest BCUT2D eigenvalue weighted by Gasteiger charge is 2.46. The van der Waals surface area contributed by atoms with Gasteiger partial charge in [-0.1, -0.05) is 132 Å². The number of aliphatic hydroxyl groups is 1. The lowest BCUT2D eigenvalue weighted by Crippen LogP contribution is -2.27. The Morgan fingerprint density at radius 1 is 0.615 bits per heavy atom. The second-order valence-corrected chi connectivity index (χ2v) is 14.5. The first-order chi connectivity index (χ1) is 25.1. The third kappa shape index (κ3) is 8.07. The zero-order valence-electron chi connectivity index (χ0n) is 31.6. The number of nitrogens with zero attached hydrogens (tertiary/aromatic N) is 2. The molecule has 0 saturated carbocycles. The van der Waals surface area contributed by atoms with Gasteiger partial charge in [0.15, 0.2) is 5.78 Å². The van der Waals surface area contributed by atoms with E-state index in [1.54, 1.807) is 6.08 Å². The lowest BCUT2D eigenvalue weighted by atomic mass is 9.91. The van der Waals surface area contributed by atoms with Crippen molar-refractivity contribution in [3.63, 3.8) is 0 Å². The number of rotatable bonds is 12. The lowest BCUT2D eigenvalue weighted by Gasteiger charge is -2.31. The van der Waals surface area contributed by atoms with E-state index >= 15 is 0 Å². The average Bonchev–Trinajstić information content (AvgIpc) is 3.45. The Morgan fingerprint density at radius 2 is 1.02 bits per heavy atom. The minimum absolute atomic E-state index is 0.000371. The summed E-state index contributed by atoms with van der Waals surface area (Å²) in [4.78, 5) is 17.7. The molecule has 0 bridgehead atoms. The molecule has 1 N–H and O–H groups in total. The first-order valence-corrected chi connectivity index (χ1v) is 18.6. The quantitative estimate of drug-likeness (QED) is 0.0613. The van der Waals surface area contributed by atoms with Crippen LogP contribution >= 0.6 is 0 Å². The summed E-state index contributed by atoms with van der Waals surface area (Å²) in [5, 5.41) is 12.4. The smallest absolute Gasteiger partial charge is 0.185 e. The summed E-state index contributed by atoms with van der Waals surface area (Å²) in [5.74, 6) is 1.26. The molecule has 6 rings (SSSR count). The molecule has 1 aliphatic rings. The van der Waals surface area contributed by atoms with Crippen LogP contribution in [-0.2, 0) is 13.1 Å². The number of hydrogen-bond acceptors (Lipinski definition) is 4. The number of carbonyl (C=O) groups excluding carboxylic acids is 1. The second kappa shape index (κ2) is 16.3. The van der Waals surface area contributed by atoms with Crippen LogP contribution < -0.4 is 0 Å². The Hall–Kier alpha value is -5.35. The van der Waals surface area contributed by atoms with Crippen LogP contribution in [0.1, 0.15) is 97.3 Å². The van der Waals surface area contributed by atoms with Crippen LogP contribution in [0, 0.1) is 41.5 Å². The van der Waals surface area contributed by atoms with E-state index in [2.05, 4.69) is 136 Å². The molecule has 1 aliphatic heterocycles. The average molecular weight is 689 g/mol. The summed E-state index contributed by atoms with van der Waals surface area (Å²) in [7, 11) is 0. The van der Waals surface area contributed by atoms with E-state index in [-0.39, 0.29) is 17.9 Å². The van der Waals surface area contributed by atoms with Gasteiger partial charge in [0, 0.05) is 25.1 Å². The van der Waals surface area contributed by atoms with Crippen LogP contribution in [0.15, 0.2) is 139 Å². The number of unbranched alkanes of at least 4 members (excludes halogenated alkanes) is 1. The van der Waals surface area contributed by atoms with E-state index < -0.39 is 0 Å². The molecule has 4 heteroatoms. The van der Waals surface area contributed by atoms with Crippen molar-refractivity contribution >= 4 is 5.78 Å². The van der Waals surface area contributed by atoms with Crippen LogP contribution in [0.2, 0.25) is 0 Å². The molecular formula is C48H52N2O2. The molecule has 4 nitrogen and oxygen atoms in total. The van der Waals surface area contributed by atoms with Gasteiger partial charge in [0.25, 0.3) is 0 Å². The third-order valence-corrected chi connectivity index (χ3v) is 10.5. The molecule has 266 valence electrons. The number of aryl methyl sites for hydroxylation is 6. The maximum Gasteiger partial charge on any atom is 0.185 e. The third-order valence-electron chi connectivity index (χ3n) is 10.5. The van der Waals surface area contributed by atoms with Gasteiger partial charge in [-0.25, -0.2) is 0 Å². The predicted molar refractivity (Wildman–Crippen MR) is 214 cm³/mol. The minimum atomic E-state index is -0.0599. The van der Waals surface area contributed by atoms with Gasteiger partial charge < -0.3 is 14.9 Å². The first-order valence-electron chi connectivity index (χ1n) is 18.6. The maximum atomic E-state index is 12.7. The molecule has 5 aromatic rings. The summed E-state index contributed by atoms with van der Waals surface area (Å²) in [5.41, 5.74) is 13.2. The Labute approximate surface area is 310 Å². The van der Waals surface area contributed by atoms with Crippen molar-refractivity contribution in [1.82, 2.24) is 9.80 Å². The number of benzene rings is 5. The molecular weight excluding hydrogens is 637 g/mol. The molecule has 52 heavy (non-hydrogen) atoms. The van der Waals surface area contributed by atoms with Crippen molar-refractivity contribution in [2.24, 2.45) is 0 Å². The van der Waals surface area contributed by atoms with Crippen LogP contribution in [0.5, 0.6) is 0 Å². The molecule has 0 amide bonds. The highest BCUT2D eigenvalue weighted by atomic mass is 16.3. The van der Waals surface area contributed by atoms with Crippen LogP contribution in [0.3, 0.4) is 0 Å². The summed E-state index contributed by atoms with van der Waals surface area (Å²) < 4.78 is 0. The topological polar surface area (TPSA) is 43.8 Å². The Bertz CT molecular complexity index is 1910. The lowest BCUT2D eigenvalue weighted by molar-refractivity contribution is 0.104. The van der Waals surface area contributed by atoms with E-state index in [1.165, 1.54) is 55.6 Å². The van der Waals surface area contributed by atoms with Crippen molar-refractivity contribution in [3.8, 4) is 0 Å². The molecule has 0 aromatic heterocycles. The van der Waals surface area contributed by atoms with Crippen molar-refractivity contribution in [1.29, 1.82) is 0 Å². The number of aliphatic hydroxyl groups excluding tert-OH is 1. The Balaban J connectivity index is 1.47. The second-order valence-electron chi connectivity index (χ2n) is 14.5. The molecule has 1 fully saturated rings. The molecule has 5 aromatic carbocycles. The zero-order valence-corrected chi connectivity index (χ0v) is 31.6. The van der Waals surface area contributed by atoms with Crippen molar-refractivity contribution < 1.29 is 9.90 Å². The van der Waals surface area contributed by atoms with Gasteiger partial charge >= 0.3 is 0 Å². The molecule has 2 atom stereocenters. The predicted octanol–water partition coefficient (Wildman–Crippen LogP) is 11.7. The molecule has 0 unspecified atom stereocenters. The van der Waals surface area contributed by atoms with Crippen LogP contribution in [0.4, 0.5) is 0 Å². The van der Waals surface area contributed by atoms with E-state index in [0.717, 1.165) is 5.82 Å². The monoisotopic (exact) mass is 688 g/mol. The SMILES string of the molecule is Cc1cc(C)c(CN2C(=C(O)CCC/C=C/C(=O)c3ccccc3)N(Cc3c(C)cc(C)cc3C)[C@@H](c3ccccc3)[C@@H]2c2ccccc2)c(C)c1. The van der Waals surface area contributed by atoms with Gasteiger partial charge in [-0.2, -0.15) is 0 Å². The van der Waals surface area contributed by atoms with Crippen LogP contribution in [-0.4, -0.2) is 20.7 Å². The normalized spacial score (nSPS) is 15.8. The van der Waals surface area contributed by atoms with E-state index in [9.17, 15) is 9.90 Å². The van der Waals surface area contributed by atoms with Gasteiger partial charge in [0.05, 0.1) is 12.1 Å². The highest BCUT2D eigenvalue weighted by Crippen LogP contribution is 2.51. The number of hydrogen-bond donors (Lipinski definition) is 1. The highest BCUT2D eigenvalue weighted by molar-refractivity contribution is 6.04. The number of ketones is 1. The van der Waals surface area contributed by atoms with Gasteiger partial charge in [-0.05, 0) is 105 Å². The Kier molecular flexibility index (Phi) is 11.4. The summed E-state index contributed by atoms with van der Waals surface area (Å²) >= 11 is 0. The van der Waals surface area contributed by atoms with Crippen molar-refractivity contribution in [2.45, 2.75) is 86.0 Å². The van der Waals surface area contributed by atoms with E-state index in [4.69, 9.17) is 0 Å². The van der Waals surface area contributed by atoms with Gasteiger partial charge in [0.1, 0.15) is 11.6 Å². The minimum Gasteiger partial charge on any atom is -0.509 e. The molecule has 1 saturated heterocycles. The van der Waals surface area contributed by atoms with Gasteiger partial charge in [-0.3, -0.25) is 4.79 Å². The van der Waals surface area contributed by atoms with Gasteiger partial charge in [0.2, 0.25) is 0 Å². The molecule has 1 heterocycles. The van der Waals surface area contributed by atoms with E-state index in [0.29, 0.717) is 43.7 Å². The molecule has 0 spiro atoms. The zero-order chi connectivity index (χ0) is 36.8. The fourth-order valence-corrected chi connectivity index (χ4v) is 8.12. The molecule has 0 aliphatic carbocycles. The number of carbonyl (C=O) groups is 1. The standard InChI is InChI=1S/C48H52N2O2/c1-33-27-35(3)42(36(4)28-33)31-49-46(40-21-13-8-14-22-40)47(41-23-15-9-16-24-41)50(32-43-37(5)29-34(2)30-38(43)6)48(49)45(52)26-18-10-17-25-44(51)39-19-11-7-12-20-39/h7-9,11-17,19-25,27-30,46-47,52H,10,18,26,31-32H2,1-6H3/b25-17+/t46-,47-/m0/s1.